The Balaban J connectivity index is 1.72. The molecule has 0 heterocycles. The van der Waals surface area contributed by atoms with Gasteiger partial charge in [-0.1, -0.05) is 87.9 Å². The van der Waals surface area contributed by atoms with Crippen LogP contribution >= 0.6 is 0 Å². The van der Waals surface area contributed by atoms with Gasteiger partial charge in [0.05, 0.1) is 5.60 Å². The Hall–Kier alpha value is -1.42. The number of benzene rings is 2. The molecule has 27 heavy (non-hydrogen) atoms. The normalized spacial score (nSPS) is 27.9. The van der Waals surface area contributed by atoms with E-state index < -0.39 is 13.9 Å². The van der Waals surface area contributed by atoms with Gasteiger partial charge >= 0.3 is 0 Å². The molecule has 0 radical (unpaired) electrons. The van der Waals surface area contributed by atoms with Crippen LogP contribution in [-0.2, 0) is 4.43 Å². The zero-order chi connectivity index (χ0) is 19.1. The van der Waals surface area contributed by atoms with Gasteiger partial charge in [0, 0.05) is 12.5 Å². The van der Waals surface area contributed by atoms with Crippen LogP contribution in [0.5, 0.6) is 0 Å². The third kappa shape index (κ3) is 3.00. The lowest BCUT2D eigenvalue weighted by atomic mass is 9.63. The molecule has 0 aromatic heterocycles. The SMILES string of the molecule is CC(C)(C)[Si](OC[C@@H]1C[C@@H]2CCC[C@]12O)(c1ccccc1)c1ccccc1. The molecule has 0 amide bonds. The zero-order valence-electron chi connectivity index (χ0n) is 16.8. The molecule has 0 bridgehead atoms. The van der Waals surface area contributed by atoms with Crippen molar-refractivity contribution in [3.8, 4) is 0 Å². The quantitative estimate of drug-likeness (QED) is 0.791. The molecule has 0 unspecified atom stereocenters. The van der Waals surface area contributed by atoms with Crippen LogP contribution in [0.3, 0.4) is 0 Å². The van der Waals surface area contributed by atoms with Gasteiger partial charge in [-0.2, -0.15) is 0 Å². The maximum Gasteiger partial charge on any atom is 0.261 e. The molecule has 2 saturated carbocycles. The van der Waals surface area contributed by atoms with E-state index in [0.717, 1.165) is 19.3 Å². The number of hydrogen-bond acceptors (Lipinski definition) is 2. The molecular formula is C24H32O2Si. The molecular weight excluding hydrogens is 348 g/mol. The van der Waals surface area contributed by atoms with Gasteiger partial charge in [-0.25, -0.2) is 0 Å². The van der Waals surface area contributed by atoms with Crippen LogP contribution in [0.25, 0.3) is 0 Å². The first-order chi connectivity index (χ1) is 12.9. The fourth-order valence-electron chi connectivity index (χ4n) is 5.53. The molecule has 4 rings (SSSR count). The smallest absolute Gasteiger partial charge is 0.261 e. The van der Waals surface area contributed by atoms with Crippen molar-refractivity contribution in [2.75, 3.05) is 6.61 Å². The second-order valence-corrected chi connectivity index (χ2v) is 13.8. The maximum atomic E-state index is 11.1. The Morgan fingerprint density at radius 1 is 1.00 bits per heavy atom. The zero-order valence-corrected chi connectivity index (χ0v) is 17.8. The van der Waals surface area contributed by atoms with Gasteiger partial charge in [0.1, 0.15) is 0 Å². The average Bonchev–Trinajstić information content (AvgIpc) is 2.95. The van der Waals surface area contributed by atoms with E-state index in [9.17, 15) is 5.11 Å². The second kappa shape index (κ2) is 6.88. The van der Waals surface area contributed by atoms with Gasteiger partial charge in [0.25, 0.3) is 8.32 Å². The molecule has 2 aromatic rings. The van der Waals surface area contributed by atoms with E-state index in [1.807, 2.05) is 0 Å². The Morgan fingerprint density at radius 3 is 2.04 bits per heavy atom. The third-order valence-electron chi connectivity index (χ3n) is 7.03. The van der Waals surface area contributed by atoms with Crippen molar-refractivity contribution < 1.29 is 9.53 Å². The summed E-state index contributed by atoms with van der Waals surface area (Å²) in [4.78, 5) is 0. The summed E-state index contributed by atoms with van der Waals surface area (Å²) in [6.07, 6.45) is 4.42. The molecule has 2 fully saturated rings. The second-order valence-electron chi connectivity index (χ2n) is 9.49. The summed E-state index contributed by atoms with van der Waals surface area (Å²) in [6.45, 7) is 7.60. The first-order valence-electron chi connectivity index (χ1n) is 10.4. The van der Waals surface area contributed by atoms with Crippen LogP contribution in [-0.4, -0.2) is 25.6 Å². The van der Waals surface area contributed by atoms with E-state index >= 15 is 0 Å². The first kappa shape index (κ1) is 18.9. The van der Waals surface area contributed by atoms with Crippen molar-refractivity contribution in [3.05, 3.63) is 60.7 Å². The van der Waals surface area contributed by atoms with E-state index in [4.69, 9.17) is 4.43 Å². The monoisotopic (exact) mass is 380 g/mol. The van der Waals surface area contributed by atoms with E-state index in [2.05, 4.69) is 81.4 Å². The number of fused-ring (bicyclic) bond motifs is 1. The number of hydrogen-bond donors (Lipinski definition) is 1. The molecule has 0 saturated heterocycles. The van der Waals surface area contributed by atoms with E-state index in [0.29, 0.717) is 12.5 Å². The van der Waals surface area contributed by atoms with Crippen molar-refractivity contribution in [2.24, 2.45) is 11.8 Å². The summed E-state index contributed by atoms with van der Waals surface area (Å²) in [6, 6.07) is 21.6. The molecule has 1 N–H and O–H groups in total. The van der Waals surface area contributed by atoms with Crippen LogP contribution in [0.4, 0.5) is 0 Å². The lowest BCUT2D eigenvalue weighted by Crippen LogP contribution is -2.68. The molecule has 0 spiro atoms. The van der Waals surface area contributed by atoms with Crippen LogP contribution in [0.15, 0.2) is 60.7 Å². The average molecular weight is 381 g/mol. The van der Waals surface area contributed by atoms with Gasteiger partial charge in [0.2, 0.25) is 0 Å². The molecule has 2 aromatic carbocycles. The third-order valence-corrected chi connectivity index (χ3v) is 12.0. The van der Waals surface area contributed by atoms with E-state index in [-0.39, 0.29) is 11.0 Å². The number of rotatable bonds is 5. The topological polar surface area (TPSA) is 29.5 Å². The van der Waals surface area contributed by atoms with Gasteiger partial charge < -0.3 is 9.53 Å². The fourth-order valence-corrected chi connectivity index (χ4v) is 10.1. The molecule has 3 heteroatoms. The summed E-state index contributed by atoms with van der Waals surface area (Å²) < 4.78 is 7.02. The lowest BCUT2D eigenvalue weighted by molar-refractivity contribution is -0.143. The highest BCUT2D eigenvalue weighted by atomic mass is 28.4. The fraction of sp³-hybridized carbons (Fsp3) is 0.500. The van der Waals surface area contributed by atoms with Crippen molar-refractivity contribution in [3.63, 3.8) is 0 Å². The molecule has 2 aliphatic rings. The molecule has 144 valence electrons. The van der Waals surface area contributed by atoms with E-state index in [1.165, 1.54) is 16.8 Å². The summed E-state index contributed by atoms with van der Waals surface area (Å²) in [5.41, 5.74) is -0.467. The lowest BCUT2D eigenvalue weighted by Gasteiger charge is -2.51. The minimum Gasteiger partial charge on any atom is -0.407 e. The predicted octanol–water partition coefficient (Wildman–Crippen LogP) is 4.11. The summed E-state index contributed by atoms with van der Waals surface area (Å²) in [5, 5.41) is 13.7. The van der Waals surface area contributed by atoms with Gasteiger partial charge in [-0.3, -0.25) is 0 Å². The molecule has 2 nitrogen and oxygen atoms in total. The van der Waals surface area contributed by atoms with Crippen LogP contribution < -0.4 is 10.4 Å². The Morgan fingerprint density at radius 2 is 1.56 bits per heavy atom. The Kier molecular flexibility index (Phi) is 4.82. The highest BCUT2D eigenvalue weighted by Gasteiger charge is 2.58. The summed E-state index contributed by atoms with van der Waals surface area (Å²) >= 11 is 0. The highest BCUT2D eigenvalue weighted by molar-refractivity contribution is 6.99. The Bertz CT molecular complexity index is 728. The number of aliphatic hydroxyl groups is 1. The predicted molar refractivity (Wildman–Crippen MR) is 114 cm³/mol. The van der Waals surface area contributed by atoms with Gasteiger partial charge in [-0.15, -0.1) is 0 Å². The van der Waals surface area contributed by atoms with Crippen LogP contribution in [0.2, 0.25) is 5.04 Å². The molecule has 3 atom stereocenters. The minimum atomic E-state index is -2.48. The largest absolute Gasteiger partial charge is 0.407 e. The molecule has 2 aliphatic carbocycles. The first-order valence-corrected chi connectivity index (χ1v) is 12.3. The van der Waals surface area contributed by atoms with Gasteiger partial charge in [-0.05, 0) is 40.6 Å². The summed E-state index contributed by atoms with van der Waals surface area (Å²) in [7, 11) is -2.48. The van der Waals surface area contributed by atoms with Crippen molar-refractivity contribution >= 4 is 18.7 Å². The molecule has 0 aliphatic heterocycles. The van der Waals surface area contributed by atoms with Gasteiger partial charge in [0.15, 0.2) is 0 Å². The highest BCUT2D eigenvalue weighted by Crippen LogP contribution is 2.55. The summed E-state index contributed by atoms with van der Waals surface area (Å²) in [5.74, 6) is 0.789. The van der Waals surface area contributed by atoms with Crippen molar-refractivity contribution in [1.82, 2.24) is 0 Å². The van der Waals surface area contributed by atoms with E-state index in [1.54, 1.807) is 0 Å². The van der Waals surface area contributed by atoms with Crippen LogP contribution in [0.1, 0.15) is 46.5 Å². The Labute approximate surface area is 164 Å². The standard InChI is InChI=1S/C24H32O2Si/c1-23(2,3)27(21-12-6-4-7-13-21,22-14-8-5-9-15-22)26-18-20-17-19-11-10-16-24(19,20)25/h4-9,12-15,19-20,25H,10-11,16-18H2,1-3H3/t19-,20-,24+/m0/s1. The van der Waals surface area contributed by atoms with Crippen LogP contribution in [0, 0.1) is 11.8 Å². The van der Waals surface area contributed by atoms with Crippen molar-refractivity contribution in [1.29, 1.82) is 0 Å². The maximum absolute atomic E-state index is 11.1. The van der Waals surface area contributed by atoms with Crippen molar-refractivity contribution in [2.45, 2.75) is 57.1 Å². The minimum absolute atomic E-state index is 0.00283.